The van der Waals surface area contributed by atoms with Gasteiger partial charge in [-0.3, -0.25) is 9.59 Å². The van der Waals surface area contributed by atoms with Crippen molar-refractivity contribution in [2.24, 2.45) is 5.92 Å². The summed E-state index contributed by atoms with van der Waals surface area (Å²) >= 11 is 0. The van der Waals surface area contributed by atoms with Gasteiger partial charge < -0.3 is 10.4 Å². The van der Waals surface area contributed by atoms with Gasteiger partial charge in [0, 0.05) is 6.42 Å². The van der Waals surface area contributed by atoms with Crippen LogP contribution in [0.15, 0.2) is 0 Å². The van der Waals surface area contributed by atoms with Crippen LogP contribution in [-0.2, 0) is 9.59 Å². The number of hydrogen-bond acceptors (Lipinski definition) is 2. The SMILES string of the molecule is O=C(O)CNC(=O)C1CCCC1(F)F. The molecular weight excluding hydrogens is 196 g/mol. The molecule has 0 aromatic heterocycles. The minimum absolute atomic E-state index is 0.123. The number of aliphatic carboxylic acids is 1. The van der Waals surface area contributed by atoms with Crippen LogP contribution in [0.2, 0.25) is 0 Å². The van der Waals surface area contributed by atoms with Crippen molar-refractivity contribution in [3.8, 4) is 0 Å². The first-order valence-corrected chi connectivity index (χ1v) is 4.31. The van der Waals surface area contributed by atoms with E-state index >= 15 is 0 Å². The smallest absolute Gasteiger partial charge is 0.322 e. The predicted octanol–water partition coefficient (Wildman–Crippen LogP) is 0.623. The number of carboxylic acid groups (broad SMARTS) is 1. The summed E-state index contributed by atoms with van der Waals surface area (Å²) in [5.41, 5.74) is 0. The van der Waals surface area contributed by atoms with E-state index in [9.17, 15) is 18.4 Å². The number of carbonyl (C=O) groups is 2. The Labute approximate surface area is 79.3 Å². The van der Waals surface area contributed by atoms with Crippen molar-refractivity contribution in [1.29, 1.82) is 0 Å². The molecule has 0 heterocycles. The third kappa shape index (κ3) is 2.40. The van der Waals surface area contributed by atoms with Gasteiger partial charge in [0.25, 0.3) is 5.92 Å². The maximum absolute atomic E-state index is 13.0. The molecule has 4 nitrogen and oxygen atoms in total. The van der Waals surface area contributed by atoms with E-state index in [1.807, 2.05) is 5.32 Å². The number of carboxylic acids is 1. The highest BCUT2D eigenvalue weighted by molar-refractivity contribution is 5.83. The predicted molar refractivity (Wildman–Crippen MR) is 42.9 cm³/mol. The zero-order valence-corrected chi connectivity index (χ0v) is 7.43. The molecule has 1 atom stereocenters. The van der Waals surface area contributed by atoms with E-state index in [4.69, 9.17) is 5.11 Å². The van der Waals surface area contributed by atoms with E-state index in [2.05, 4.69) is 0 Å². The standard InChI is InChI=1S/C8H11F2NO3/c9-8(10)3-1-2-5(8)7(14)11-4-6(12)13/h5H,1-4H2,(H,11,14)(H,12,13). The Morgan fingerprint density at radius 1 is 1.50 bits per heavy atom. The van der Waals surface area contributed by atoms with Crippen molar-refractivity contribution in [2.45, 2.75) is 25.2 Å². The van der Waals surface area contributed by atoms with Crippen molar-refractivity contribution >= 4 is 11.9 Å². The Morgan fingerprint density at radius 3 is 2.57 bits per heavy atom. The molecule has 0 bridgehead atoms. The number of hydrogen-bond donors (Lipinski definition) is 2. The van der Waals surface area contributed by atoms with E-state index in [1.165, 1.54) is 0 Å². The van der Waals surface area contributed by atoms with Crippen molar-refractivity contribution < 1.29 is 23.5 Å². The number of amides is 1. The molecule has 14 heavy (non-hydrogen) atoms. The Balaban J connectivity index is 2.48. The van der Waals surface area contributed by atoms with Crippen molar-refractivity contribution in [1.82, 2.24) is 5.32 Å². The fraction of sp³-hybridized carbons (Fsp3) is 0.750. The minimum Gasteiger partial charge on any atom is -0.480 e. The molecule has 0 spiro atoms. The minimum atomic E-state index is -2.98. The summed E-state index contributed by atoms with van der Waals surface area (Å²) in [5.74, 6) is -6.45. The molecule has 2 N–H and O–H groups in total. The van der Waals surface area contributed by atoms with Crippen molar-refractivity contribution in [2.75, 3.05) is 6.54 Å². The highest BCUT2D eigenvalue weighted by atomic mass is 19.3. The highest BCUT2D eigenvalue weighted by Gasteiger charge is 2.47. The molecule has 0 aromatic rings. The molecule has 0 aromatic carbocycles. The van der Waals surface area contributed by atoms with E-state index in [1.54, 1.807) is 0 Å². The van der Waals surface area contributed by atoms with Gasteiger partial charge in [0.15, 0.2) is 0 Å². The van der Waals surface area contributed by atoms with Crippen LogP contribution in [0.4, 0.5) is 8.78 Å². The molecule has 1 unspecified atom stereocenters. The van der Waals surface area contributed by atoms with Crippen LogP contribution in [0.3, 0.4) is 0 Å². The second kappa shape index (κ2) is 3.89. The van der Waals surface area contributed by atoms with Gasteiger partial charge >= 0.3 is 5.97 Å². The largest absolute Gasteiger partial charge is 0.480 e. The average molecular weight is 207 g/mol. The van der Waals surface area contributed by atoms with Gasteiger partial charge in [-0.15, -0.1) is 0 Å². The van der Waals surface area contributed by atoms with Crippen LogP contribution >= 0.6 is 0 Å². The summed E-state index contributed by atoms with van der Waals surface area (Å²) in [6.07, 6.45) is 0.134. The monoisotopic (exact) mass is 207 g/mol. The van der Waals surface area contributed by atoms with Crippen molar-refractivity contribution in [3.05, 3.63) is 0 Å². The zero-order chi connectivity index (χ0) is 10.8. The van der Waals surface area contributed by atoms with Gasteiger partial charge in [-0.05, 0) is 12.8 Å². The molecule has 1 aliphatic carbocycles. The fourth-order valence-corrected chi connectivity index (χ4v) is 1.54. The Bertz CT molecular complexity index is 255. The lowest BCUT2D eigenvalue weighted by Gasteiger charge is -2.17. The maximum Gasteiger partial charge on any atom is 0.322 e. The number of alkyl halides is 2. The molecule has 1 amide bonds. The van der Waals surface area contributed by atoms with Crippen LogP contribution in [0, 0.1) is 5.92 Å². The molecule has 1 fully saturated rings. The van der Waals surface area contributed by atoms with Gasteiger partial charge in [-0.2, -0.15) is 0 Å². The molecule has 0 radical (unpaired) electrons. The lowest BCUT2D eigenvalue weighted by atomic mass is 10.0. The lowest BCUT2D eigenvalue weighted by Crippen LogP contribution is -2.40. The summed E-state index contributed by atoms with van der Waals surface area (Å²) < 4.78 is 26.0. The Morgan fingerprint density at radius 2 is 2.14 bits per heavy atom. The summed E-state index contributed by atoms with van der Waals surface area (Å²) in [7, 11) is 0. The summed E-state index contributed by atoms with van der Waals surface area (Å²) in [5, 5.41) is 10.2. The Hall–Kier alpha value is -1.20. The highest BCUT2D eigenvalue weighted by Crippen LogP contribution is 2.40. The van der Waals surface area contributed by atoms with Gasteiger partial charge in [0.1, 0.15) is 12.5 Å². The molecule has 1 aliphatic rings. The summed E-state index contributed by atoms with van der Waals surface area (Å²) in [4.78, 5) is 21.2. The third-order valence-corrected chi connectivity index (χ3v) is 2.24. The zero-order valence-electron chi connectivity index (χ0n) is 7.43. The number of nitrogens with one attached hydrogen (secondary N) is 1. The van der Waals surface area contributed by atoms with E-state index in [-0.39, 0.29) is 12.8 Å². The van der Waals surface area contributed by atoms with Gasteiger partial charge in [-0.1, -0.05) is 0 Å². The van der Waals surface area contributed by atoms with E-state index in [0.717, 1.165) is 0 Å². The van der Waals surface area contributed by atoms with Crippen LogP contribution in [0.1, 0.15) is 19.3 Å². The quantitative estimate of drug-likeness (QED) is 0.713. The molecular formula is C8H11F2NO3. The number of rotatable bonds is 3. The second-order valence-corrected chi connectivity index (χ2v) is 3.32. The Kier molecular flexibility index (Phi) is 3.03. The molecule has 6 heteroatoms. The third-order valence-electron chi connectivity index (χ3n) is 2.24. The fourth-order valence-electron chi connectivity index (χ4n) is 1.54. The number of carbonyl (C=O) groups excluding carboxylic acids is 1. The van der Waals surface area contributed by atoms with Crippen LogP contribution in [0.5, 0.6) is 0 Å². The first-order valence-electron chi connectivity index (χ1n) is 4.31. The molecule has 1 rings (SSSR count). The molecule has 0 saturated heterocycles. The van der Waals surface area contributed by atoms with Crippen LogP contribution in [-0.4, -0.2) is 29.5 Å². The molecule has 80 valence electrons. The molecule has 1 saturated carbocycles. The van der Waals surface area contributed by atoms with Crippen LogP contribution < -0.4 is 5.32 Å². The van der Waals surface area contributed by atoms with E-state index in [0.29, 0.717) is 6.42 Å². The first-order chi connectivity index (χ1) is 6.43. The summed E-state index contributed by atoms with van der Waals surface area (Å²) in [6.45, 7) is -0.606. The van der Waals surface area contributed by atoms with Gasteiger partial charge in [0.2, 0.25) is 5.91 Å². The van der Waals surface area contributed by atoms with Gasteiger partial charge in [0.05, 0.1) is 0 Å². The maximum atomic E-state index is 13.0. The normalized spacial score (nSPS) is 24.6. The topological polar surface area (TPSA) is 66.4 Å². The average Bonchev–Trinajstić information content (AvgIpc) is 2.41. The number of halogens is 2. The van der Waals surface area contributed by atoms with Crippen molar-refractivity contribution in [3.63, 3.8) is 0 Å². The van der Waals surface area contributed by atoms with E-state index < -0.39 is 30.3 Å². The molecule has 0 aliphatic heterocycles. The van der Waals surface area contributed by atoms with Crippen LogP contribution in [0.25, 0.3) is 0 Å². The lowest BCUT2D eigenvalue weighted by molar-refractivity contribution is -0.142. The summed E-state index contributed by atoms with van der Waals surface area (Å²) in [6, 6.07) is 0. The first kappa shape index (κ1) is 10.9. The van der Waals surface area contributed by atoms with Gasteiger partial charge in [-0.25, -0.2) is 8.78 Å². The second-order valence-electron chi connectivity index (χ2n) is 3.32.